The van der Waals surface area contributed by atoms with Gasteiger partial charge in [0.1, 0.15) is 0 Å². The fraction of sp³-hybridized carbons (Fsp3) is 0.333. The minimum absolute atomic E-state index is 0.00127. The Morgan fingerprint density at radius 2 is 2.06 bits per heavy atom. The first-order chi connectivity index (χ1) is 7.99. The fourth-order valence-electron chi connectivity index (χ4n) is 1.17. The molecular formula is C9H12F3N3OS. The molecule has 0 aliphatic heterocycles. The van der Waals surface area contributed by atoms with E-state index in [4.69, 9.17) is 11.0 Å². The van der Waals surface area contributed by atoms with E-state index in [1.165, 1.54) is 12.1 Å². The van der Waals surface area contributed by atoms with Gasteiger partial charge in [0.15, 0.2) is 0 Å². The van der Waals surface area contributed by atoms with Crippen LogP contribution < -0.4 is 16.7 Å². The number of benzene rings is 1. The number of halogens is 3. The summed E-state index contributed by atoms with van der Waals surface area (Å²) in [4.78, 5) is 0.103. The zero-order valence-corrected chi connectivity index (χ0v) is 9.53. The van der Waals surface area contributed by atoms with Crippen molar-refractivity contribution in [2.24, 2.45) is 5.84 Å². The van der Waals surface area contributed by atoms with Crippen LogP contribution in [0.2, 0.25) is 0 Å². The molecule has 0 heterocycles. The van der Waals surface area contributed by atoms with Crippen LogP contribution in [-0.4, -0.2) is 17.5 Å². The lowest BCUT2D eigenvalue weighted by atomic mass is 10.2. The van der Waals surface area contributed by atoms with Crippen LogP contribution in [0, 0.1) is 0 Å². The van der Waals surface area contributed by atoms with E-state index >= 15 is 0 Å². The molecule has 5 N–H and O–H groups in total. The third-order valence-corrected chi connectivity index (χ3v) is 2.99. The predicted molar refractivity (Wildman–Crippen MR) is 59.8 cm³/mol. The lowest BCUT2D eigenvalue weighted by molar-refractivity contribution is -0.139. The first-order valence-corrected chi connectivity index (χ1v) is 5.65. The number of hydrogen-bond acceptors (Lipinski definition) is 5. The molecule has 1 aromatic rings. The molecule has 0 bridgehead atoms. The Morgan fingerprint density at radius 1 is 1.35 bits per heavy atom. The van der Waals surface area contributed by atoms with E-state index in [1.807, 2.05) is 0 Å². The van der Waals surface area contributed by atoms with Crippen LogP contribution in [-0.2, 0) is 6.18 Å². The molecular weight excluding hydrogens is 255 g/mol. The summed E-state index contributed by atoms with van der Waals surface area (Å²) in [6.07, 6.45) is -4.45. The number of thioether (sulfide) groups is 1. The highest BCUT2D eigenvalue weighted by Gasteiger charge is 2.33. The fourth-order valence-corrected chi connectivity index (χ4v) is 2.10. The highest BCUT2D eigenvalue weighted by molar-refractivity contribution is 7.99. The Hall–Kier alpha value is -0.960. The van der Waals surface area contributed by atoms with Gasteiger partial charge in [-0.1, -0.05) is 0 Å². The second-order valence-electron chi connectivity index (χ2n) is 3.12. The van der Waals surface area contributed by atoms with Gasteiger partial charge in [0, 0.05) is 17.2 Å². The maximum Gasteiger partial charge on any atom is 0.417 e. The summed E-state index contributed by atoms with van der Waals surface area (Å²) in [5, 5.41) is 8.58. The number of alkyl halides is 3. The molecule has 0 aromatic heterocycles. The van der Waals surface area contributed by atoms with Crippen molar-refractivity contribution in [1.29, 1.82) is 0 Å². The highest BCUT2D eigenvalue weighted by atomic mass is 32.2. The highest BCUT2D eigenvalue weighted by Crippen LogP contribution is 2.38. The molecule has 4 nitrogen and oxygen atoms in total. The van der Waals surface area contributed by atoms with Crippen LogP contribution in [0.5, 0.6) is 0 Å². The Bertz CT molecular complexity index is 373. The van der Waals surface area contributed by atoms with Gasteiger partial charge in [-0.15, -0.1) is 11.8 Å². The van der Waals surface area contributed by atoms with E-state index < -0.39 is 11.7 Å². The molecule has 0 saturated carbocycles. The van der Waals surface area contributed by atoms with Crippen LogP contribution in [0.1, 0.15) is 5.56 Å². The lowest BCUT2D eigenvalue weighted by Crippen LogP contribution is -2.24. The van der Waals surface area contributed by atoms with Crippen LogP contribution in [0.3, 0.4) is 0 Å². The smallest absolute Gasteiger partial charge is 0.291 e. The lowest BCUT2D eigenvalue weighted by Gasteiger charge is -2.13. The molecule has 96 valence electrons. The molecule has 0 unspecified atom stereocenters. The molecule has 1 aromatic carbocycles. The van der Waals surface area contributed by atoms with E-state index in [9.17, 15) is 13.2 Å². The number of nitrogens with one attached hydrogen (secondary N) is 2. The molecule has 0 aliphatic carbocycles. The second kappa shape index (κ2) is 6.10. The minimum Gasteiger partial charge on any atom is -0.291 e. The maximum atomic E-state index is 12.7. The van der Waals surface area contributed by atoms with Crippen molar-refractivity contribution < 1.29 is 18.4 Å². The van der Waals surface area contributed by atoms with E-state index in [-0.39, 0.29) is 10.6 Å². The van der Waals surface area contributed by atoms with Crippen molar-refractivity contribution in [3.8, 4) is 0 Å². The molecule has 0 atom stereocenters. The first kappa shape index (κ1) is 14.1. The van der Waals surface area contributed by atoms with Gasteiger partial charge in [-0.25, -0.2) is 0 Å². The Balaban J connectivity index is 2.95. The summed E-state index contributed by atoms with van der Waals surface area (Å²) in [6.45, 7) is 0.405. The average molecular weight is 267 g/mol. The van der Waals surface area contributed by atoms with E-state index in [1.54, 1.807) is 5.48 Å². The molecule has 0 saturated heterocycles. The molecule has 0 fully saturated rings. The first-order valence-electron chi connectivity index (χ1n) is 4.66. The molecule has 0 aliphatic rings. The SMILES string of the molecule is NNCCSc1ccc(NO)cc1C(F)(F)F. The Labute approximate surface area is 100 Å². The quantitative estimate of drug-likeness (QED) is 0.284. The van der Waals surface area contributed by atoms with Crippen LogP contribution in [0.15, 0.2) is 23.1 Å². The molecule has 0 spiro atoms. The molecule has 8 heteroatoms. The van der Waals surface area contributed by atoms with E-state index in [0.717, 1.165) is 17.8 Å². The van der Waals surface area contributed by atoms with Gasteiger partial charge < -0.3 is 0 Å². The normalized spacial score (nSPS) is 11.6. The molecule has 17 heavy (non-hydrogen) atoms. The van der Waals surface area contributed by atoms with Gasteiger partial charge in [0.2, 0.25) is 0 Å². The topological polar surface area (TPSA) is 70.3 Å². The standard InChI is InChI=1S/C9H12F3N3OS/c10-9(11,12)7-5-6(15-16)1-2-8(7)17-4-3-14-13/h1-2,5,14-16H,3-4,13H2. The summed E-state index contributed by atoms with van der Waals surface area (Å²) in [6, 6.07) is 3.54. The third-order valence-electron chi connectivity index (χ3n) is 1.92. The van der Waals surface area contributed by atoms with Crippen LogP contribution >= 0.6 is 11.8 Å². The number of rotatable bonds is 5. The number of hydrazine groups is 1. The molecule has 1 rings (SSSR count). The van der Waals surface area contributed by atoms with Crippen molar-refractivity contribution >= 4 is 17.4 Å². The number of nitrogens with two attached hydrogens (primary N) is 1. The monoisotopic (exact) mass is 267 g/mol. The summed E-state index contributed by atoms with van der Waals surface area (Å²) in [5.41, 5.74) is 3.28. The summed E-state index contributed by atoms with van der Waals surface area (Å²) in [5.74, 6) is 5.46. The Morgan fingerprint density at radius 3 is 2.59 bits per heavy atom. The minimum atomic E-state index is -4.45. The molecule has 0 amide bonds. The van der Waals surface area contributed by atoms with Crippen molar-refractivity contribution in [3.63, 3.8) is 0 Å². The van der Waals surface area contributed by atoms with Gasteiger partial charge in [0.25, 0.3) is 0 Å². The van der Waals surface area contributed by atoms with Crippen molar-refractivity contribution in [1.82, 2.24) is 5.43 Å². The van der Waals surface area contributed by atoms with E-state index in [0.29, 0.717) is 12.3 Å². The zero-order chi connectivity index (χ0) is 12.9. The van der Waals surface area contributed by atoms with Gasteiger partial charge in [-0.05, 0) is 18.2 Å². The van der Waals surface area contributed by atoms with Crippen molar-refractivity contribution in [3.05, 3.63) is 23.8 Å². The molecule has 0 radical (unpaired) electrons. The van der Waals surface area contributed by atoms with Crippen molar-refractivity contribution in [2.45, 2.75) is 11.1 Å². The third kappa shape index (κ3) is 4.08. The van der Waals surface area contributed by atoms with Gasteiger partial charge in [-0.3, -0.25) is 22.0 Å². The predicted octanol–water partition coefficient (Wildman–Crippen LogP) is 2.06. The van der Waals surface area contributed by atoms with E-state index in [2.05, 4.69) is 5.43 Å². The number of hydrogen-bond donors (Lipinski definition) is 4. The largest absolute Gasteiger partial charge is 0.417 e. The van der Waals surface area contributed by atoms with Gasteiger partial charge >= 0.3 is 6.18 Å². The summed E-state index contributed by atoms with van der Waals surface area (Å²) >= 11 is 1.05. The zero-order valence-electron chi connectivity index (χ0n) is 8.71. The Kier molecular flexibility index (Phi) is 5.06. The van der Waals surface area contributed by atoms with Crippen molar-refractivity contribution in [2.75, 3.05) is 17.8 Å². The maximum absolute atomic E-state index is 12.7. The van der Waals surface area contributed by atoms with Crippen LogP contribution in [0.4, 0.5) is 18.9 Å². The second-order valence-corrected chi connectivity index (χ2v) is 4.26. The average Bonchev–Trinajstić information content (AvgIpc) is 2.28. The number of anilines is 1. The summed E-state index contributed by atoms with van der Waals surface area (Å²) in [7, 11) is 0. The van der Waals surface area contributed by atoms with Crippen LogP contribution in [0.25, 0.3) is 0 Å². The summed E-state index contributed by atoms with van der Waals surface area (Å²) < 4.78 is 38.1. The van der Waals surface area contributed by atoms with Gasteiger partial charge in [0.05, 0.1) is 11.3 Å². The van der Waals surface area contributed by atoms with Gasteiger partial charge in [-0.2, -0.15) is 13.2 Å².